The third kappa shape index (κ3) is 4.74. The van der Waals surface area contributed by atoms with Crippen LogP contribution in [0.2, 0.25) is 0 Å². The number of carbonyl (C=O) groups excluding carboxylic acids is 1. The van der Waals surface area contributed by atoms with Crippen LogP contribution in [-0.2, 0) is 4.79 Å². The summed E-state index contributed by atoms with van der Waals surface area (Å²) in [5.74, 6) is 0.433. The molecule has 0 saturated carbocycles. The van der Waals surface area contributed by atoms with Gasteiger partial charge in [-0.25, -0.2) is 5.43 Å². The van der Waals surface area contributed by atoms with Gasteiger partial charge >= 0.3 is 0 Å². The molecule has 4 heteroatoms. The molecular weight excluding hydrogens is 276 g/mol. The van der Waals surface area contributed by atoms with Crippen LogP contribution in [0.5, 0.6) is 5.75 Å². The van der Waals surface area contributed by atoms with Crippen LogP contribution in [0.25, 0.3) is 0 Å². The van der Waals surface area contributed by atoms with Gasteiger partial charge in [0.2, 0.25) is 0 Å². The van der Waals surface area contributed by atoms with Crippen molar-refractivity contribution in [3.8, 4) is 5.75 Å². The number of ether oxygens (including phenoxy) is 1. The van der Waals surface area contributed by atoms with Crippen molar-refractivity contribution in [1.29, 1.82) is 0 Å². The molecular formula is C18H20N2O2. The summed E-state index contributed by atoms with van der Waals surface area (Å²) in [4.78, 5) is 11.7. The van der Waals surface area contributed by atoms with E-state index in [1.807, 2.05) is 63.2 Å². The van der Waals surface area contributed by atoms with Crippen molar-refractivity contribution in [2.45, 2.75) is 20.8 Å². The summed E-state index contributed by atoms with van der Waals surface area (Å²) in [7, 11) is 0. The molecule has 0 bridgehead atoms. The Morgan fingerprint density at radius 2 is 1.91 bits per heavy atom. The highest BCUT2D eigenvalue weighted by Gasteiger charge is 2.04. The zero-order chi connectivity index (χ0) is 15.9. The van der Waals surface area contributed by atoms with Crippen molar-refractivity contribution in [1.82, 2.24) is 5.43 Å². The lowest BCUT2D eigenvalue weighted by atomic mass is 10.1. The first-order valence-corrected chi connectivity index (χ1v) is 7.13. The molecule has 0 aliphatic rings. The number of hydrogen-bond donors (Lipinski definition) is 1. The summed E-state index contributed by atoms with van der Waals surface area (Å²) in [6.07, 6.45) is 1.61. The highest BCUT2D eigenvalue weighted by Crippen LogP contribution is 2.18. The summed E-state index contributed by atoms with van der Waals surface area (Å²) in [5, 5.41) is 3.93. The summed E-state index contributed by atoms with van der Waals surface area (Å²) in [6, 6.07) is 13.8. The highest BCUT2D eigenvalue weighted by molar-refractivity contribution is 5.83. The van der Waals surface area contributed by atoms with Crippen LogP contribution in [-0.4, -0.2) is 18.7 Å². The van der Waals surface area contributed by atoms with Crippen LogP contribution < -0.4 is 10.2 Å². The van der Waals surface area contributed by atoms with E-state index in [0.717, 1.165) is 28.0 Å². The van der Waals surface area contributed by atoms with Crippen LogP contribution in [0.4, 0.5) is 0 Å². The van der Waals surface area contributed by atoms with Gasteiger partial charge in [0.25, 0.3) is 5.91 Å². The minimum Gasteiger partial charge on any atom is -0.483 e. The molecule has 0 fully saturated rings. The fourth-order valence-corrected chi connectivity index (χ4v) is 1.97. The molecule has 0 atom stereocenters. The van der Waals surface area contributed by atoms with E-state index in [1.54, 1.807) is 6.21 Å². The van der Waals surface area contributed by atoms with Gasteiger partial charge in [0.05, 0.1) is 6.21 Å². The largest absolute Gasteiger partial charge is 0.483 e. The molecule has 1 amide bonds. The molecule has 0 saturated heterocycles. The summed E-state index contributed by atoms with van der Waals surface area (Å²) in [5.41, 5.74) is 6.65. The van der Waals surface area contributed by atoms with Gasteiger partial charge in [-0.2, -0.15) is 5.10 Å². The van der Waals surface area contributed by atoms with Crippen LogP contribution >= 0.6 is 0 Å². The number of carbonyl (C=O) groups is 1. The topological polar surface area (TPSA) is 50.7 Å². The van der Waals surface area contributed by atoms with E-state index in [2.05, 4.69) is 10.5 Å². The average molecular weight is 296 g/mol. The van der Waals surface area contributed by atoms with Gasteiger partial charge < -0.3 is 4.74 Å². The summed E-state index contributed by atoms with van der Waals surface area (Å²) in [6.45, 7) is 5.88. The Hall–Kier alpha value is -2.62. The monoisotopic (exact) mass is 296 g/mol. The van der Waals surface area contributed by atoms with Gasteiger partial charge in [0, 0.05) is 0 Å². The molecule has 2 rings (SSSR count). The van der Waals surface area contributed by atoms with Crippen molar-refractivity contribution >= 4 is 12.1 Å². The van der Waals surface area contributed by atoms with Crippen LogP contribution in [0.15, 0.2) is 47.6 Å². The molecule has 0 aliphatic carbocycles. The molecule has 0 radical (unpaired) electrons. The van der Waals surface area contributed by atoms with Gasteiger partial charge in [-0.3, -0.25) is 4.79 Å². The molecule has 4 nitrogen and oxygen atoms in total. The van der Waals surface area contributed by atoms with E-state index < -0.39 is 0 Å². The lowest BCUT2D eigenvalue weighted by molar-refractivity contribution is -0.123. The normalized spacial score (nSPS) is 10.7. The maximum atomic E-state index is 11.7. The fourth-order valence-electron chi connectivity index (χ4n) is 1.97. The molecule has 0 heterocycles. The van der Waals surface area contributed by atoms with Gasteiger partial charge in [-0.15, -0.1) is 0 Å². The van der Waals surface area contributed by atoms with E-state index in [9.17, 15) is 4.79 Å². The fraction of sp³-hybridized carbons (Fsp3) is 0.222. The zero-order valence-electron chi connectivity index (χ0n) is 13.1. The van der Waals surface area contributed by atoms with Gasteiger partial charge in [0.15, 0.2) is 6.61 Å². The minimum absolute atomic E-state index is 0.0601. The number of amides is 1. The SMILES string of the molecule is Cc1cccc(/C=N\NC(=O)COc2cc(C)ccc2C)c1. The van der Waals surface area contributed by atoms with Crippen LogP contribution in [0.1, 0.15) is 22.3 Å². The number of nitrogens with one attached hydrogen (secondary N) is 1. The van der Waals surface area contributed by atoms with E-state index in [1.165, 1.54) is 0 Å². The van der Waals surface area contributed by atoms with Crippen molar-refractivity contribution < 1.29 is 9.53 Å². The van der Waals surface area contributed by atoms with Crippen LogP contribution in [0, 0.1) is 20.8 Å². The average Bonchev–Trinajstić information content (AvgIpc) is 2.48. The zero-order valence-corrected chi connectivity index (χ0v) is 13.1. The number of nitrogens with zero attached hydrogens (tertiary/aromatic N) is 1. The third-order valence-electron chi connectivity index (χ3n) is 3.15. The van der Waals surface area contributed by atoms with Crippen molar-refractivity contribution in [3.63, 3.8) is 0 Å². The standard InChI is InChI=1S/C18H20N2O2/c1-13-5-4-6-16(9-13)11-19-20-18(21)12-22-17-10-14(2)7-8-15(17)3/h4-11H,12H2,1-3H3,(H,20,21)/b19-11-. The Labute approximate surface area is 130 Å². The Balaban J connectivity index is 1.84. The molecule has 2 aromatic carbocycles. The summed E-state index contributed by atoms with van der Waals surface area (Å²) >= 11 is 0. The second-order valence-corrected chi connectivity index (χ2v) is 5.26. The molecule has 0 unspecified atom stereocenters. The number of hydrogen-bond acceptors (Lipinski definition) is 3. The maximum absolute atomic E-state index is 11.7. The second kappa shape index (κ2) is 7.41. The lowest BCUT2D eigenvalue weighted by Gasteiger charge is -2.08. The number of benzene rings is 2. The highest BCUT2D eigenvalue weighted by atomic mass is 16.5. The number of aryl methyl sites for hydroxylation is 3. The minimum atomic E-state index is -0.287. The van der Waals surface area contributed by atoms with Crippen molar-refractivity contribution in [2.75, 3.05) is 6.61 Å². The molecule has 0 aromatic heterocycles. The predicted octanol–water partition coefficient (Wildman–Crippen LogP) is 3.14. The maximum Gasteiger partial charge on any atom is 0.277 e. The predicted molar refractivity (Wildman–Crippen MR) is 88.3 cm³/mol. The quantitative estimate of drug-likeness (QED) is 0.680. The summed E-state index contributed by atoms with van der Waals surface area (Å²) < 4.78 is 5.52. The Morgan fingerprint density at radius 3 is 2.68 bits per heavy atom. The number of hydrazone groups is 1. The van der Waals surface area contributed by atoms with Gasteiger partial charge in [-0.05, 0) is 43.5 Å². The van der Waals surface area contributed by atoms with E-state index in [-0.39, 0.29) is 12.5 Å². The molecule has 114 valence electrons. The van der Waals surface area contributed by atoms with E-state index in [0.29, 0.717) is 0 Å². The van der Waals surface area contributed by atoms with Gasteiger partial charge in [0.1, 0.15) is 5.75 Å². The Morgan fingerprint density at radius 1 is 1.14 bits per heavy atom. The first-order valence-electron chi connectivity index (χ1n) is 7.13. The molecule has 22 heavy (non-hydrogen) atoms. The lowest BCUT2D eigenvalue weighted by Crippen LogP contribution is -2.24. The first-order chi connectivity index (χ1) is 10.5. The Kier molecular flexibility index (Phi) is 5.31. The Bertz CT molecular complexity index is 693. The number of rotatable bonds is 5. The third-order valence-corrected chi connectivity index (χ3v) is 3.15. The molecule has 1 N–H and O–H groups in total. The smallest absolute Gasteiger partial charge is 0.277 e. The van der Waals surface area contributed by atoms with Crippen LogP contribution in [0.3, 0.4) is 0 Å². The molecule has 0 aliphatic heterocycles. The van der Waals surface area contributed by atoms with Crippen molar-refractivity contribution in [2.24, 2.45) is 5.10 Å². The van der Waals surface area contributed by atoms with Crippen molar-refractivity contribution in [3.05, 3.63) is 64.7 Å². The molecule has 2 aromatic rings. The molecule has 0 spiro atoms. The van der Waals surface area contributed by atoms with E-state index in [4.69, 9.17) is 4.74 Å². The van der Waals surface area contributed by atoms with E-state index >= 15 is 0 Å². The first kappa shape index (κ1) is 15.8. The van der Waals surface area contributed by atoms with Gasteiger partial charge in [-0.1, -0.05) is 42.0 Å². The second-order valence-electron chi connectivity index (χ2n) is 5.26.